The molecule has 0 aliphatic heterocycles. The SMILES string of the molecule is Cc1ccc(NN)c(C(=O)Nc2c(C)n[nH]c2C)c1. The number of benzene rings is 1. The predicted octanol–water partition coefficient (Wildman–Crippen LogP) is 1.87. The molecule has 2 aromatic rings. The molecule has 6 nitrogen and oxygen atoms in total. The van der Waals surface area contributed by atoms with Crippen molar-refractivity contribution in [3.8, 4) is 0 Å². The number of anilines is 2. The van der Waals surface area contributed by atoms with E-state index in [0.717, 1.165) is 17.0 Å². The molecular formula is C13H17N5O. The number of aromatic amines is 1. The summed E-state index contributed by atoms with van der Waals surface area (Å²) >= 11 is 0. The van der Waals surface area contributed by atoms with Crippen molar-refractivity contribution in [1.29, 1.82) is 0 Å². The highest BCUT2D eigenvalue weighted by Gasteiger charge is 2.15. The Morgan fingerprint density at radius 3 is 2.63 bits per heavy atom. The van der Waals surface area contributed by atoms with Gasteiger partial charge in [-0.1, -0.05) is 11.6 Å². The van der Waals surface area contributed by atoms with E-state index in [1.165, 1.54) is 0 Å². The van der Waals surface area contributed by atoms with Crippen LogP contribution in [0.15, 0.2) is 18.2 Å². The van der Waals surface area contributed by atoms with E-state index < -0.39 is 0 Å². The average Bonchev–Trinajstić information content (AvgIpc) is 2.70. The highest BCUT2D eigenvalue weighted by molar-refractivity contribution is 6.08. The van der Waals surface area contributed by atoms with Gasteiger partial charge in [0.05, 0.1) is 28.3 Å². The van der Waals surface area contributed by atoms with Crippen LogP contribution in [0.3, 0.4) is 0 Å². The van der Waals surface area contributed by atoms with E-state index in [1.807, 2.05) is 26.8 Å². The van der Waals surface area contributed by atoms with Gasteiger partial charge in [0, 0.05) is 0 Å². The second kappa shape index (κ2) is 5.11. The van der Waals surface area contributed by atoms with Gasteiger partial charge < -0.3 is 10.7 Å². The van der Waals surface area contributed by atoms with Crippen LogP contribution >= 0.6 is 0 Å². The Bertz CT molecular complexity index is 598. The lowest BCUT2D eigenvalue weighted by molar-refractivity contribution is 0.102. The van der Waals surface area contributed by atoms with Crippen molar-refractivity contribution >= 4 is 17.3 Å². The maximum atomic E-state index is 12.3. The average molecular weight is 259 g/mol. The van der Waals surface area contributed by atoms with Crippen LogP contribution in [0.1, 0.15) is 27.3 Å². The van der Waals surface area contributed by atoms with Crippen molar-refractivity contribution in [3.63, 3.8) is 0 Å². The number of hydrogen-bond donors (Lipinski definition) is 4. The molecular weight excluding hydrogens is 242 g/mol. The number of carbonyl (C=O) groups excluding carboxylic acids is 1. The summed E-state index contributed by atoms with van der Waals surface area (Å²) in [6.45, 7) is 5.61. The summed E-state index contributed by atoms with van der Waals surface area (Å²) < 4.78 is 0. The van der Waals surface area contributed by atoms with Gasteiger partial charge in [-0.3, -0.25) is 15.7 Å². The van der Waals surface area contributed by atoms with Crippen LogP contribution in [0.2, 0.25) is 0 Å². The van der Waals surface area contributed by atoms with E-state index >= 15 is 0 Å². The fourth-order valence-electron chi connectivity index (χ4n) is 1.89. The van der Waals surface area contributed by atoms with Crippen LogP contribution in [0.5, 0.6) is 0 Å². The number of aryl methyl sites for hydroxylation is 3. The van der Waals surface area contributed by atoms with E-state index in [0.29, 0.717) is 16.9 Å². The molecule has 1 aromatic heterocycles. The molecule has 1 aromatic carbocycles. The van der Waals surface area contributed by atoms with Crippen LogP contribution in [-0.4, -0.2) is 16.1 Å². The van der Waals surface area contributed by atoms with Gasteiger partial charge in [0.2, 0.25) is 0 Å². The van der Waals surface area contributed by atoms with Gasteiger partial charge in [-0.2, -0.15) is 5.10 Å². The van der Waals surface area contributed by atoms with Gasteiger partial charge in [-0.25, -0.2) is 0 Å². The normalized spacial score (nSPS) is 10.3. The third-order valence-electron chi connectivity index (χ3n) is 2.94. The lowest BCUT2D eigenvalue weighted by atomic mass is 10.1. The van der Waals surface area contributed by atoms with Gasteiger partial charge in [0.1, 0.15) is 0 Å². The fourth-order valence-corrected chi connectivity index (χ4v) is 1.89. The zero-order valence-electron chi connectivity index (χ0n) is 11.2. The number of nitrogens with one attached hydrogen (secondary N) is 3. The summed E-state index contributed by atoms with van der Waals surface area (Å²) in [5.74, 6) is 5.20. The Hall–Kier alpha value is -2.34. The van der Waals surface area contributed by atoms with Crippen molar-refractivity contribution in [2.24, 2.45) is 5.84 Å². The minimum atomic E-state index is -0.218. The first-order chi connectivity index (χ1) is 9.02. The Balaban J connectivity index is 2.32. The summed E-state index contributed by atoms with van der Waals surface area (Å²) in [4.78, 5) is 12.3. The molecule has 1 amide bonds. The van der Waals surface area contributed by atoms with Crippen LogP contribution in [0.25, 0.3) is 0 Å². The molecule has 2 rings (SSSR count). The van der Waals surface area contributed by atoms with E-state index in [4.69, 9.17) is 5.84 Å². The topological polar surface area (TPSA) is 95.8 Å². The van der Waals surface area contributed by atoms with Gasteiger partial charge in [0.25, 0.3) is 5.91 Å². The summed E-state index contributed by atoms with van der Waals surface area (Å²) in [5.41, 5.74) is 6.88. The molecule has 0 saturated heterocycles. The third-order valence-corrected chi connectivity index (χ3v) is 2.94. The van der Waals surface area contributed by atoms with Crippen molar-refractivity contribution in [1.82, 2.24) is 10.2 Å². The number of carbonyl (C=O) groups is 1. The van der Waals surface area contributed by atoms with E-state index in [9.17, 15) is 4.79 Å². The van der Waals surface area contributed by atoms with Crippen LogP contribution < -0.4 is 16.6 Å². The molecule has 0 saturated carbocycles. The molecule has 0 spiro atoms. The van der Waals surface area contributed by atoms with Crippen molar-refractivity contribution in [2.75, 3.05) is 10.7 Å². The Morgan fingerprint density at radius 2 is 2.05 bits per heavy atom. The first-order valence-electron chi connectivity index (χ1n) is 5.93. The first kappa shape index (κ1) is 13.1. The highest BCUT2D eigenvalue weighted by atomic mass is 16.1. The number of nitrogens with two attached hydrogens (primary N) is 1. The lowest BCUT2D eigenvalue weighted by Crippen LogP contribution is -2.18. The Kier molecular flexibility index (Phi) is 3.52. The van der Waals surface area contributed by atoms with Crippen LogP contribution in [0.4, 0.5) is 11.4 Å². The Labute approximate surface area is 111 Å². The summed E-state index contributed by atoms with van der Waals surface area (Å²) in [5, 5.41) is 9.72. The summed E-state index contributed by atoms with van der Waals surface area (Å²) in [7, 11) is 0. The maximum absolute atomic E-state index is 12.3. The van der Waals surface area contributed by atoms with Crippen molar-refractivity contribution in [3.05, 3.63) is 40.7 Å². The van der Waals surface area contributed by atoms with E-state index in [-0.39, 0.29) is 5.91 Å². The fraction of sp³-hybridized carbons (Fsp3) is 0.231. The third kappa shape index (κ3) is 2.58. The highest BCUT2D eigenvalue weighted by Crippen LogP contribution is 2.21. The molecule has 0 radical (unpaired) electrons. The monoisotopic (exact) mass is 259 g/mol. The minimum absolute atomic E-state index is 0.218. The lowest BCUT2D eigenvalue weighted by Gasteiger charge is -2.10. The smallest absolute Gasteiger partial charge is 0.257 e. The molecule has 6 heteroatoms. The second-order valence-corrected chi connectivity index (χ2v) is 4.46. The van der Waals surface area contributed by atoms with Gasteiger partial charge in [-0.15, -0.1) is 0 Å². The number of nitrogens with zero attached hydrogens (tertiary/aromatic N) is 1. The molecule has 1 heterocycles. The predicted molar refractivity (Wildman–Crippen MR) is 75.0 cm³/mol. The molecule has 0 bridgehead atoms. The number of aromatic nitrogens is 2. The zero-order chi connectivity index (χ0) is 14.0. The number of hydrazine groups is 1. The first-order valence-corrected chi connectivity index (χ1v) is 5.93. The molecule has 19 heavy (non-hydrogen) atoms. The van der Waals surface area contributed by atoms with Crippen molar-refractivity contribution < 1.29 is 4.79 Å². The van der Waals surface area contributed by atoms with E-state index in [2.05, 4.69) is 20.9 Å². The summed E-state index contributed by atoms with van der Waals surface area (Å²) in [6, 6.07) is 5.45. The zero-order valence-corrected chi connectivity index (χ0v) is 11.2. The maximum Gasteiger partial charge on any atom is 0.257 e. The molecule has 100 valence electrons. The molecule has 5 N–H and O–H groups in total. The Morgan fingerprint density at radius 1 is 1.32 bits per heavy atom. The van der Waals surface area contributed by atoms with Crippen LogP contribution in [0, 0.1) is 20.8 Å². The van der Waals surface area contributed by atoms with Gasteiger partial charge >= 0.3 is 0 Å². The van der Waals surface area contributed by atoms with Crippen molar-refractivity contribution in [2.45, 2.75) is 20.8 Å². The number of hydrogen-bond acceptors (Lipinski definition) is 4. The quantitative estimate of drug-likeness (QED) is 0.500. The number of nitrogen functional groups attached to an aromatic ring is 1. The van der Waals surface area contributed by atoms with Gasteiger partial charge in [-0.05, 0) is 32.9 Å². The molecule has 0 fully saturated rings. The van der Waals surface area contributed by atoms with E-state index in [1.54, 1.807) is 12.1 Å². The molecule has 0 atom stereocenters. The number of H-pyrrole nitrogens is 1. The molecule has 0 aliphatic rings. The number of amides is 1. The van der Waals surface area contributed by atoms with Crippen LogP contribution in [-0.2, 0) is 0 Å². The minimum Gasteiger partial charge on any atom is -0.323 e. The number of rotatable bonds is 3. The van der Waals surface area contributed by atoms with Gasteiger partial charge in [0.15, 0.2) is 0 Å². The molecule has 0 unspecified atom stereocenters. The molecule has 0 aliphatic carbocycles. The standard InChI is InChI=1S/C13H17N5O/c1-7-4-5-11(16-14)10(6-7)13(19)15-12-8(2)17-18-9(12)3/h4-6,16H,14H2,1-3H3,(H,15,19)(H,17,18). The largest absolute Gasteiger partial charge is 0.323 e. The summed E-state index contributed by atoms with van der Waals surface area (Å²) in [6.07, 6.45) is 0. The second-order valence-electron chi connectivity index (χ2n) is 4.46.